The number of aldehydes is 1. The van der Waals surface area contributed by atoms with Crippen molar-refractivity contribution in [1.29, 1.82) is 0 Å². The van der Waals surface area contributed by atoms with Crippen molar-refractivity contribution in [3.8, 4) is 0 Å². The summed E-state index contributed by atoms with van der Waals surface area (Å²) in [6.45, 7) is 4.38. The van der Waals surface area contributed by atoms with Gasteiger partial charge in [-0.3, -0.25) is 0 Å². The highest BCUT2D eigenvalue weighted by atomic mass is 16.1. The number of rotatable bonds is 16. The van der Waals surface area contributed by atoms with Crippen LogP contribution < -0.4 is 0 Å². The van der Waals surface area contributed by atoms with E-state index in [0.717, 1.165) is 19.1 Å². The highest BCUT2D eigenvalue weighted by molar-refractivity contribution is 5.53. The second kappa shape index (κ2) is 17.5. The van der Waals surface area contributed by atoms with Crippen LogP contribution in [-0.4, -0.2) is 6.29 Å². The number of allylic oxidation sites excluding steroid dienone is 2. The van der Waals surface area contributed by atoms with Crippen molar-refractivity contribution in [2.24, 2.45) is 5.92 Å². The molecule has 1 nitrogen and oxygen atoms in total. The van der Waals surface area contributed by atoms with Crippen LogP contribution in [0.15, 0.2) is 12.2 Å². The summed E-state index contributed by atoms with van der Waals surface area (Å²) in [6.07, 6.45) is 24.0. The lowest BCUT2D eigenvalue weighted by atomic mass is 9.99. The third-order valence-corrected chi connectivity index (χ3v) is 4.30. The number of hydrogen-bond donors (Lipinski definition) is 0. The summed E-state index contributed by atoms with van der Waals surface area (Å²) in [6, 6.07) is 0. The van der Waals surface area contributed by atoms with Gasteiger partial charge in [0, 0.05) is 5.92 Å². The van der Waals surface area contributed by atoms with E-state index in [9.17, 15) is 4.79 Å². The summed E-state index contributed by atoms with van der Waals surface area (Å²) >= 11 is 0. The van der Waals surface area contributed by atoms with Crippen LogP contribution in [0.4, 0.5) is 0 Å². The fourth-order valence-electron chi connectivity index (χ4n) is 2.67. The first-order chi connectivity index (χ1) is 10.3. The first-order valence-corrected chi connectivity index (χ1v) is 9.45. The Kier molecular flexibility index (Phi) is 17.0. The van der Waals surface area contributed by atoms with Gasteiger partial charge < -0.3 is 4.79 Å². The van der Waals surface area contributed by atoms with E-state index in [4.69, 9.17) is 0 Å². The van der Waals surface area contributed by atoms with E-state index in [-0.39, 0.29) is 0 Å². The number of hydrogen-bond acceptors (Lipinski definition) is 1. The summed E-state index contributed by atoms with van der Waals surface area (Å²) in [5.41, 5.74) is 0. The average molecular weight is 295 g/mol. The van der Waals surface area contributed by atoms with Gasteiger partial charge in [-0.15, -0.1) is 0 Å². The molecule has 0 rings (SSSR count). The first-order valence-electron chi connectivity index (χ1n) is 9.45. The predicted octanol–water partition coefficient (Wildman–Crippen LogP) is 6.86. The zero-order chi connectivity index (χ0) is 15.6. The van der Waals surface area contributed by atoms with E-state index in [1.165, 1.54) is 77.0 Å². The van der Waals surface area contributed by atoms with Crippen molar-refractivity contribution in [2.75, 3.05) is 0 Å². The van der Waals surface area contributed by atoms with Gasteiger partial charge in [-0.25, -0.2) is 0 Å². The molecule has 1 atom stereocenters. The van der Waals surface area contributed by atoms with Crippen molar-refractivity contribution in [3.63, 3.8) is 0 Å². The van der Waals surface area contributed by atoms with Crippen LogP contribution in [0.3, 0.4) is 0 Å². The monoisotopic (exact) mass is 294 g/mol. The smallest absolute Gasteiger partial charge is 0.123 e. The molecule has 0 radical (unpaired) electrons. The molecular formula is C20H38O. The molecule has 1 heteroatoms. The van der Waals surface area contributed by atoms with Gasteiger partial charge in [-0.2, -0.15) is 0 Å². The molecule has 0 heterocycles. The van der Waals surface area contributed by atoms with Crippen LogP contribution in [0, 0.1) is 5.92 Å². The van der Waals surface area contributed by atoms with Gasteiger partial charge in [0.15, 0.2) is 0 Å². The molecule has 21 heavy (non-hydrogen) atoms. The standard InChI is InChI=1S/C20H38O/c1-3-5-6-7-8-9-10-11-12-13-14-15-16-17-18-20(4-2)19-21/h11-12,19-20H,3-10,13-18H2,1-2H3/b12-11-. The highest BCUT2D eigenvalue weighted by Gasteiger charge is 2.02. The number of carbonyl (C=O) groups excluding carboxylic acids is 1. The Morgan fingerprint density at radius 2 is 1.24 bits per heavy atom. The normalized spacial score (nSPS) is 12.9. The van der Waals surface area contributed by atoms with Crippen molar-refractivity contribution in [3.05, 3.63) is 12.2 Å². The van der Waals surface area contributed by atoms with Crippen LogP contribution >= 0.6 is 0 Å². The molecule has 0 aromatic carbocycles. The van der Waals surface area contributed by atoms with Crippen LogP contribution in [0.2, 0.25) is 0 Å². The van der Waals surface area contributed by atoms with Gasteiger partial charge in [0.2, 0.25) is 0 Å². The quantitative estimate of drug-likeness (QED) is 0.173. The van der Waals surface area contributed by atoms with E-state index >= 15 is 0 Å². The maximum absolute atomic E-state index is 10.7. The van der Waals surface area contributed by atoms with E-state index in [1.54, 1.807) is 0 Å². The fourth-order valence-corrected chi connectivity index (χ4v) is 2.67. The minimum Gasteiger partial charge on any atom is -0.303 e. The van der Waals surface area contributed by atoms with Gasteiger partial charge in [0.25, 0.3) is 0 Å². The Labute approximate surface area is 133 Å². The van der Waals surface area contributed by atoms with Crippen molar-refractivity contribution < 1.29 is 4.79 Å². The molecule has 0 fully saturated rings. The van der Waals surface area contributed by atoms with Gasteiger partial charge in [-0.05, 0) is 38.5 Å². The summed E-state index contributed by atoms with van der Waals surface area (Å²) in [5, 5.41) is 0. The molecule has 0 amide bonds. The molecular weight excluding hydrogens is 256 g/mol. The Hall–Kier alpha value is -0.590. The van der Waals surface area contributed by atoms with Crippen molar-refractivity contribution >= 4 is 6.29 Å². The molecule has 0 aliphatic rings. The molecule has 0 saturated heterocycles. The van der Waals surface area contributed by atoms with Gasteiger partial charge >= 0.3 is 0 Å². The summed E-state index contributed by atoms with van der Waals surface area (Å²) in [5.74, 6) is 0.308. The third-order valence-electron chi connectivity index (χ3n) is 4.30. The zero-order valence-corrected chi connectivity index (χ0v) is 14.6. The van der Waals surface area contributed by atoms with Crippen LogP contribution in [0.5, 0.6) is 0 Å². The van der Waals surface area contributed by atoms with Crippen LogP contribution in [-0.2, 0) is 4.79 Å². The summed E-state index contributed by atoms with van der Waals surface area (Å²) < 4.78 is 0. The van der Waals surface area contributed by atoms with Gasteiger partial charge in [0.1, 0.15) is 6.29 Å². The molecule has 0 aromatic heterocycles. The summed E-state index contributed by atoms with van der Waals surface area (Å²) in [4.78, 5) is 10.7. The van der Waals surface area contributed by atoms with E-state index in [0.29, 0.717) is 5.92 Å². The zero-order valence-electron chi connectivity index (χ0n) is 14.6. The molecule has 124 valence electrons. The van der Waals surface area contributed by atoms with Gasteiger partial charge in [-0.1, -0.05) is 77.4 Å². The topological polar surface area (TPSA) is 17.1 Å². The second-order valence-corrected chi connectivity index (χ2v) is 6.32. The maximum Gasteiger partial charge on any atom is 0.123 e. The van der Waals surface area contributed by atoms with E-state index < -0.39 is 0 Å². The van der Waals surface area contributed by atoms with Gasteiger partial charge in [0.05, 0.1) is 0 Å². The molecule has 0 N–H and O–H groups in total. The molecule has 1 unspecified atom stereocenters. The number of unbranched alkanes of at least 4 members (excludes halogenated alkanes) is 10. The molecule has 0 aliphatic carbocycles. The lowest BCUT2D eigenvalue weighted by molar-refractivity contribution is -0.111. The molecule has 0 aromatic rings. The highest BCUT2D eigenvalue weighted by Crippen LogP contribution is 2.13. The largest absolute Gasteiger partial charge is 0.303 e. The maximum atomic E-state index is 10.7. The van der Waals surface area contributed by atoms with Crippen LogP contribution in [0.1, 0.15) is 104 Å². The molecule has 0 saturated carbocycles. The minimum atomic E-state index is 0.308. The summed E-state index contributed by atoms with van der Waals surface area (Å²) in [7, 11) is 0. The third kappa shape index (κ3) is 15.6. The Balaban J connectivity index is 3.16. The van der Waals surface area contributed by atoms with Crippen molar-refractivity contribution in [2.45, 2.75) is 104 Å². The molecule has 0 bridgehead atoms. The van der Waals surface area contributed by atoms with E-state index in [1.807, 2.05) is 0 Å². The molecule has 0 aliphatic heterocycles. The lowest BCUT2D eigenvalue weighted by Crippen LogP contribution is -1.99. The van der Waals surface area contributed by atoms with E-state index in [2.05, 4.69) is 26.0 Å². The first kappa shape index (κ1) is 20.4. The Morgan fingerprint density at radius 1 is 0.714 bits per heavy atom. The Bertz CT molecular complexity index is 232. The predicted molar refractivity (Wildman–Crippen MR) is 94.7 cm³/mol. The van der Waals surface area contributed by atoms with Crippen molar-refractivity contribution in [1.82, 2.24) is 0 Å². The Morgan fingerprint density at radius 3 is 1.76 bits per heavy atom. The average Bonchev–Trinajstić information content (AvgIpc) is 2.51. The lowest BCUT2D eigenvalue weighted by Gasteiger charge is -2.05. The number of carbonyl (C=O) groups is 1. The molecule has 0 spiro atoms. The van der Waals surface area contributed by atoms with Crippen LogP contribution in [0.25, 0.3) is 0 Å². The SMILES string of the molecule is CCCCCCCC/C=C\CCCCCCC(C=O)CC. The fraction of sp³-hybridized carbons (Fsp3) is 0.850. The second-order valence-electron chi connectivity index (χ2n) is 6.32. The minimum absolute atomic E-state index is 0.308.